The van der Waals surface area contributed by atoms with E-state index in [0.717, 1.165) is 0 Å². The van der Waals surface area contributed by atoms with E-state index in [4.69, 9.17) is 0 Å². The van der Waals surface area contributed by atoms with E-state index in [0.29, 0.717) is 11.7 Å². The Balaban J connectivity index is 3.15. The van der Waals surface area contributed by atoms with E-state index in [2.05, 4.69) is 45.0 Å². The van der Waals surface area contributed by atoms with Crippen molar-refractivity contribution in [2.75, 3.05) is 12.8 Å². The lowest BCUT2D eigenvalue weighted by Gasteiger charge is -2.37. The van der Waals surface area contributed by atoms with Crippen molar-refractivity contribution in [1.29, 1.82) is 0 Å². The number of nitrogens with zero attached hydrogens (tertiary/aromatic N) is 1. The molecule has 1 aromatic carbocycles. The minimum absolute atomic E-state index is 0.137. The first-order chi connectivity index (χ1) is 11.4. The number of benzene rings is 1. The molecule has 4 nitrogen and oxygen atoms in total. The van der Waals surface area contributed by atoms with Gasteiger partial charge < -0.3 is 15.1 Å². The highest BCUT2D eigenvalue weighted by Crippen LogP contribution is 2.17. The fourth-order valence-corrected chi connectivity index (χ4v) is 4.68. The van der Waals surface area contributed by atoms with Crippen LogP contribution in [0.4, 0.5) is 0 Å². The van der Waals surface area contributed by atoms with Crippen LogP contribution in [0.15, 0.2) is 42.1 Å². The summed E-state index contributed by atoms with van der Waals surface area (Å²) in [6.07, 6.45) is 1.47. The van der Waals surface area contributed by atoms with Gasteiger partial charge in [0.15, 0.2) is 0 Å². The summed E-state index contributed by atoms with van der Waals surface area (Å²) in [6, 6.07) is 8.45. The third-order valence-corrected chi connectivity index (χ3v) is 6.18. The second-order valence-electron chi connectivity index (χ2n) is 8.83. The molecule has 0 aliphatic heterocycles. The van der Waals surface area contributed by atoms with E-state index in [9.17, 15) is 15.0 Å². The van der Waals surface area contributed by atoms with Gasteiger partial charge in [-0.2, -0.15) is 0 Å². The van der Waals surface area contributed by atoms with Gasteiger partial charge in [-0.3, -0.25) is 4.79 Å². The second kappa shape index (κ2) is 8.94. The van der Waals surface area contributed by atoms with Crippen LogP contribution in [0.1, 0.15) is 10.4 Å². The first-order valence-electron chi connectivity index (χ1n) is 8.79. The number of hydrogen-bond acceptors (Lipinski definition) is 3. The zero-order chi connectivity index (χ0) is 19.3. The summed E-state index contributed by atoms with van der Waals surface area (Å²) >= 11 is 0. The Morgan fingerprint density at radius 3 is 2.12 bits per heavy atom. The van der Waals surface area contributed by atoms with Gasteiger partial charge in [0.05, 0.1) is 34.9 Å². The van der Waals surface area contributed by atoms with Gasteiger partial charge in [0.2, 0.25) is 0 Å². The number of carbonyl (C=O) groups is 1. The van der Waals surface area contributed by atoms with E-state index in [1.54, 1.807) is 23.1 Å². The van der Waals surface area contributed by atoms with E-state index < -0.39 is 28.3 Å². The minimum Gasteiger partial charge on any atom is -0.394 e. The molecular formula is C19H33NO3Si2. The molecule has 0 aliphatic rings. The van der Waals surface area contributed by atoms with Crippen molar-refractivity contribution in [3.8, 4) is 0 Å². The van der Waals surface area contributed by atoms with Crippen LogP contribution < -0.4 is 0 Å². The molecule has 1 rings (SSSR count). The Morgan fingerprint density at radius 1 is 1.12 bits per heavy atom. The monoisotopic (exact) mass is 379 g/mol. The Kier molecular flexibility index (Phi) is 7.80. The number of hydrogen-bond donors (Lipinski definition) is 2. The summed E-state index contributed by atoms with van der Waals surface area (Å²) in [4.78, 5) is 14.7. The zero-order valence-corrected chi connectivity index (χ0v) is 18.4. The molecule has 0 heterocycles. The number of aliphatic hydroxyl groups excluding tert-OH is 2. The predicted molar refractivity (Wildman–Crippen MR) is 110 cm³/mol. The minimum atomic E-state index is -1.63. The van der Waals surface area contributed by atoms with E-state index in [1.165, 1.54) is 0 Å². The van der Waals surface area contributed by atoms with Crippen molar-refractivity contribution >= 4 is 22.1 Å². The third-order valence-electron chi connectivity index (χ3n) is 3.70. The molecular weight excluding hydrogens is 346 g/mol. The summed E-state index contributed by atoms with van der Waals surface area (Å²) in [6.45, 7) is 12.8. The molecule has 0 radical (unpaired) electrons. The summed E-state index contributed by atoms with van der Waals surface area (Å²) in [5.41, 5.74) is 2.64. The summed E-state index contributed by atoms with van der Waals surface area (Å²) in [7, 11) is -3.10. The summed E-state index contributed by atoms with van der Waals surface area (Å²) in [5.74, 6) is -0.137. The first-order valence-corrected chi connectivity index (χ1v) is 16.1. The summed E-state index contributed by atoms with van der Waals surface area (Å²) < 4.78 is 0. The van der Waals surface area contributed by atoms with Gasteiger partial charge in [0.1, 0.15) is 0 Å². The Bertz CT molecular complexity index is 577. The molecule has 25 heavy (non-hydrogen) atoms. The molecule has 0 fully saturated rings. The SMILES string of the molecule is C[Si](C)(C)/C=C/[C@@H](O)[C@@H](CO)N(C[Si](C)(C)C)C(=O)c1ccccc1. The van der Waals surface area contributed by atoms with Gasteiger partial charge >= 0.3 is 0 Å². The molecule has 0 unspecified atom stereocenters. The molecule has 0 aromatic heterocycles. The van der Waals surface area contributed by atoms with Crippen LogP contribution in [-0.4, -0.2) is 62.1 Å². The van der Waals surface area contributed by atoms with Crippen molar-refractivity contribution < 1.29 is 15.0 Å². The quantitative estimate of drug-likeness (QED) is 0.682. The van der Waals surface area contributed by atoms with Crippen molar-refractivity contribution in [2.24, 2.45) is 0 Å². The largest absolute Gasteiger partial charge is 0.394 e. The van der Waals surface area contributed by atoms with Crippen LogP contribution >= 0.6 is 0 Å². The standard InChI is InChI=1S/C19H33NO3Si2/c1-24(2,3)13-12-18(22)17(14-21)20(15-25(4,5)6)19(23)16-10-8-7-9-11-16/h7-13,17-18,21-22H,14-15H2,1-6H3/b13-12+/t17-,18-/m1/s1. The predicted octanol–water partition coefficient (Wildman–Crippen LogP) is 3.16. The van der Waals surface area contributed by atoms with Crippen LogP contribution in [0.25, 0.3) is 0 Å². The van der Waals surface area contributed by atoms with E-state index in [1.807, 2.05) is 18.2 Å². The highest BCUT2D eigenvalue weighted by Gasteiger charge is 2.32. The molecule has 0 aliphatic carbocycles. The van der Waals surface area contributed by atoms with Gasteiger partial charge in [-0.1, -0.05) is 69.3 Å². The number of carbonyl (C=O) groups excluding carboxylic acids is 1. The van der Waals surface area contributed by atoms with Crippen LogP contribution in [0.3, 0.4) is 0 Å². The Labute approximate surface area is 154 Å². The van der Waals surface area contributed by atoms with Crippen molar-refractivity contribution in [1.82, 2.24) is 4.90 Å². The molecule has 1 aromatic rings. The number of rotatable bonds is 8. The van der Waals surface area contributed by atoms with Crippen molar-refractivity contribution in [3.05, 3.63) is 47.7 Å². The molecule has 0 saturated heterocycles. The Morgan fingerprint density at radius 2 is 1.68 bits per heavy atom. The maximum atomic E-state index is 13.0. The van der Waals surface area contributed by atoms with Crippen LogP contribution in [0.5, 0.6) is 0 Å². The molecule has 0 saturated carbocycles. The third kappa shape index (κ3) is 7.69. The lowest BCUT2D eigenvalue weighted by Crippen LogP contribution is -2.54. The zero-order valence-electron chi connectivity index (χ0n) is 16.4. The lowest BCUT2D eigenvalue weighted by molar-refractivity contribution is 0.0355. The van der Waals surface area contributed by atoms with Gasteiger partial charge in [0.25, 0.3) is 5.91 Å². The van der Waals surface area contributed by atoms with E-state index >= 15 is 0 Å². The molecule has 2 atom stereocenters. The maximum absolute atomic E-state index is 13.0. The highest BCUT2D eigenvalue weighted by atomic mass is 28.3. The highest BCUT2D eigenvalue weighted by molar-refractivity contribution is 6.81. The van der Waals surface area contributed by atoms with Crippen LogP contribution in [0.2, 0.25) is 39.3 Å². The fraction of sp³-hybridized carbons (Fsp3) is 0.526. The molecule has 1 amide bonds. The van der Waals surface area contributed by atoms with Crippen LogP contribution in [-0.2, 0) is 0 Å². The molecule has 0 spiro atoms. The normalized spacial score (nSPS) is 15.2. The number of aliphatic hydroxyl groups is 2. The lowest BCUT2D eigenvalue weighted by atomic mass is 10.1. The number of amides is 1. The van der Waals surface area contributed by atoms with Crippen molar-refractivity contribution in [2.45, 2.75) is 51.4 Å². The fourth-order valence-electron chi connectivity index (χ4n) is 2.50. The average Bonchev–Trinajstić information content (AvgIpc) is 2.51. The topological polar surface area (TPSA) is 60.8 Å². The average molecular weight is 380 g/mol. The van der Waals surface area contributed by atoms with Crippen LogP contribution in [0, 0.1) is 0 Å². The molecule has 140 valence electrons. The van der Waals surface area contributed by atoms with Gasteiger partial charge in [-0.05, 0) is 12.1 Å². The molecule has 6 heteroatoms. The van der Waals surface area contributed by atoms with E-state index in [-0.39, 0.29) is 12.5 Å². The maximum Gasteiger partial charge on any atom is 0.254 e. The smallest absolute Gasteiger partial charge is 0.254 e. The first kappa shape index (κ1) is 21.8. The van der Waals surface area contributed by atoms with Crippen molar-refractivity contribution in [3.63, 3.8) is 0 Å². The Hall–Kier alpha value is -1.22. The van der Waals surface area contributed by atoms with Gasteiger partial charge in [0, 0.05) is 11.7 Å². The van der Waals surface area contributed by atoms with Gasteiger partial charge in [-0.25, -0.2) is 0 Å². The van der Waals surface area contributed by atoms with Gasteiger partial charge in [-0.15, -0.1) is 0 Å². The molecule has 0 bridgehead atoms. The molecule has 2 N–H and O–H groups in total. The summed E-state index contributed by atoms with van der Waals surface area (Å²) in [5, 5.41) is 20.6. The second-order valence-corrected chi connectivity index (χ2v) is 19.3.